The summed E-state index contributed by atoms with van der Waals surface area (Å²) in [6, 6.07) is -0.838. The zero-order chi connectivity index (χ0) is 16.5. The van der Waals surface area contributed by atoms with Crippen molar-refractivity contribution in [2.24, 2.45) is 0 Å². The van der Waals surface area contributed by atoms with Crippen LogP contribution in [0.3, 0.4) is 0 Å². The molecule has 2 amide bonds. The van der Waals surface area contributed by atoms with Crippen LogP contribution in [0.15, 0.2) is 16.7 Å². The predicted molar refractivity (Wildman–Crippen MR) is 71.2 cm³/mol. The van der Waals surface area contributed by atoms with Gasteiger partial charge in [0.2, 0.25) is 5.91 Å². The van der Waals surface area contributed by atoms with Crippen LogP contribution in [0.5, 0.6) is 0 Å². The SMILES string of the molecule is CC(=O)NC1CCC(C(F)(F)F)N(C(=O)c2occc2C)C1. The lowest BCUT2D eigenvalue weighted by Gasteiger charge is -2.40. The molecule has 2 rings (SSSR count). The van der Waals surface area contributed by atoms with Gasteiger partial charge in [-0.1, -0.05) is 0 Å². The molecule has 2 unspecified atom stereocenters. The molecule has 8 heteroatoms. The Labute approximate surface area is 125 Å². The molecule has 5 nitrogen and oxygen atoms in total. The number of nitrogens with zero attached hydrogens (tertiary/aromatic N) is 1. The van der Waals surface area contributed by atoms with Crippen LogP contribution in [0.25, 0.3) is 0 Å². The van der Waals surface area contributed by atoms with Gasteiger partial charge in [0.25, 0.3) is 5.91 Å². The minimum Gasteiger partial charge on any atom is -0.459 e. The quantitative estimate of drug-likeness (QED) is 0.910. The molecule has 1 aromatic rings. The topological polar surface area (TPSA) is 62.6 Å². The third-order valence-electron chi connectivity index (χ3n) is 3.68. The molecule has 22 heavy (non-hydrogen) atoms. The number of nitrogens with one attached hydrogen (secondary N) is 1. The van der Waals surface area contributed by atoms with Gasteiger partial charge in [-0.25, -0.2) is 0 Å². The number of hydrogen-bond donors (Lipinski definition) is 1. The Morgan fingerprint density at radius 1 is 1.36 bits per heavy atom. The number of halogens is 3. The fourth-order valence-corrected chi connectivity index (χ4v) is 2.66. The average Bonchev–Trinajstić information content (AvgIpc) is 2.82. The summed E-state index contributed by atoms with van der Waals surface area (Å²) in [5.41, 5.74) is 0.479. The second-order valence-electron chi connectivity index (χ2n) is 5.42. The van der Waals surface area contributed by atoms with Gasteiger partial charge in [-0.3, -0.25) is 9.59 Å². The molecule has 1 aromatic heterocycles. The third kappa shape index (κ3) is 3.42. The second-order valence-corrected chi connectivity index (χ2v) is 5.42. The van der Waals surface area contributed by atoms with Crippen molar-refractivity contribution in [1.82, 2.24) is 10.2 Å². The third-order valence-corrected chi connectivity index (χ3v) is 3.68. The van der Waals surface area contributed by atoms with Gasteiger partial charge in [0.05, 0.1) is 6.26 Å². The average molecular weight is 318 g/mol. The van der Waals surface area contributed by atoms with Crippen molar-refractivity contribution in [3.8, 4) is 0 Å². The van der Waals surface area contributed by atoms with E-state index >= 15 is 0 Å². The van der Waals surface area contributed by atoms with Crippen LogP contribution >= 0.6 is 0 Å². The van der Waals surface area contributed by atoms with E-state index in [9.17, 15) is 22.8 Å². The molecule has 1 saturated heterocycles. The summed E-state index contributed by atoms with van der Waals surface area (Å²) in [7, 11) is 0. The molecule has 0 spiro atoms. The van der Waals surface area contributed by atoms with Gasteiger partial charge in [-0.15, -0.1) is 0 Å². The number of furan rings is 1. The van der Waals surface area contributed by atoms with Crippen LogP contribution in [0.4, 0.5) is 13.2 Å². The molecule has 1 N–H and O–H groups in total. The largest absolute Gasteiger partial charge is 0.459 e. The maximum Gasteiger partial charge on any atom is 0.408 e. The Bertz CT molecular complexity index is 568. The van der Waals surface area contributed by atoms with Gasteiger partial charge in [-0.2, -0.15) is 13.2 Å². The molecule has 0 bridgehead atoms. The summed E-state index contributed by atoms with van der Waals surface area (Å²) in [5.74, 6) is -1.24. The standard InChI is InChI=1S/C14H17F3N2O3/c1-8-5-6-22-12(8)13(21)19-7-10(18-9(2)20)3-4-11(19)14(15,16)17/h5-6,10-11H,3-4,7H2,1-2H3,(H,18,20). The molecule has 0 aromatic carbocycles. The number of aryl methyl sites for hydroxylation is 1. The maximum absolute atomic E-state index is 13.2. The van der Waals surface area contributed by atoms with E-state index in [0.717, 1.165) is 4.90 Å². The fraction of sp³-hybridized carbons (Fsp3) is 0.571. The number of hydrogen-bond acceptors (Lipinski definition) is 3. The van der Waals surface area contributed by atoms with E-state index in [-0.39, 0.29) is 31.1 Å². The lowest BCUT2D eigenvalue weighted by atomic mass is 9.97. The van der Waals surface area contributed by atoms with Crippen LogP contribution in [0.2, 0.25) is 0 Å². The lowest BCUT2D eigenvalue weighted by Crippen LogP contribution is -2.58. The smallest absolute Gasteiger partial charge is 0.408 e. The van der Waals surface area contributed by atoms with Gasteiger partial charge in [0.1, 0.15) is 6.04 Å². The molecule has 2 atom stereocenters. The van der Waals surface area contributed by atoms with Gasteiger partial charge < -0.3 is 14.6 Å². The monoisotopic (exact) mass is 318 g/mol. The van der Waals surface area contributed by atoms with Crippen molar-refractivity contribution in [3.63, 3.8) is 0 Å². The first kappa shape index (κ1) is 16.4. The Morgan fingerprint density at radius 2 is 2.05 bits per heavy atom. The Hall–Kier alpha value is -1.99. The number of piperidine rings is 1. The first-order chi connectivity index (χ1) is 10.2. The molecule has 0 aliphatic carbocycles. The molecule has 1 fully saturated rings. The number of amides is 2. The van der Waals surface area contributed by atoms with Gasteiger partial charge in [0.15, 0.2) is 5.76 Å². The summed E-state index contributed by atoms with van der Waals surface area (Å²) < 4.78 is 44.5. The number of carbonyl (C=O) groups excluding carboxylic acids is 2. The van der Waals surface area contributed by atoms with Crippen molar-refractivity contribution >= 4 is 11.8 Å². The van der Waals surface area contributed by atoms with E-state index in [2.05, 4.69) is 5.32 Å². The van der Waals surface area contributed by atoms with Crippen molar-refractivity contribution < 1.29 is 27.2 Å². The molecule has 0 saturated carbocycles. The first-order valence-corrected chi connectivity index (χ1v) is 6.89. The zero-order valence-electron chi connectivity index (χ0n) is 12.2. The highest BCUT2D eigenvalue weighted by Crippen LogP contribution is 2.33. The minimum absolute atomic E-state index is 0.0993. The molecule has 122 valence electrons. The van der Waals surface area contributed by atoms with Gasteiger partial charge in [-0.05, 0) is 25.8 Å². The van der Waals surface area contributed by atoms with Crippen LogP contribution in [0.1, 0.15) is 35.9 Å². The summed E-state index contributed by atoms with van der Waals surface area (Å²) in [4.78, 5) is 24.2. The van der Waals surface area contributed by atoms with Gasteiger partial charge >= 0.3 is 6.18 Å². The maximum atomic E-state index is 13.2. The first-order valence-electron chi connectivity index (χ1n) is 6.89. The molecular weight excluding hydrogens is 301 g/mol. The van der Waals surface area contributed by atoms with Crippen LogP contribution in [-0.4, -0.2) is 41.5 Å². The molecule has 1 aliphatic heterocycles. The normalized spacial score (nSPS) is 22.5. The Kier molecular flexibility index (Phi) is 4.48. The highest BCUT2D eigenvalue weighted by atomic mass is 19.4. The highest BCUT2D eigenvalue weighted by molar-refractivity contribution is 5.93. The van der Waals surface area contributed by atoms with Crippen molar-refractivity contribution in [1.29, 1.82) is 0 Å². The summed E-state index contributed by atoms with van der Waals surface area (Å²) in [6.45, 7) is 2.69. The van der Waals surface area contributed by atoms with E-state index in [1.807, 2.05) is 0 Å². The van der Waals surface area contributed by atoms with E-state index in [1.54, 1.807) is 6.92 Å². The highest BCUT2D eigenvalue weighted by Gasteiger charge is 2.48. The number of alkyl halides is 3. The van der Waals surface area contributed by atoms with E-state index in [4.69, 9.17) is 4.42 Å². The zero-order valence-corrected chi connectivity index (χ0v) is 12.2. The van der Waals surface area contributed by atoms with Crippen molar-refractivity contribution in [2.45, 2.75) is 44.9 Å². The fourth-order valence-electron chi connectivity index (χ4n) is 2.66. The van der Waals surface area contributed by atoms with Crippen LogP contribution in [0, 0.1) is 6.92 Å². The molecule has 0 radical (unpaired) electrons. The molecular formula is C14H17F3N2O3. The summed E-state index contributed by atoms with van der Waals surface area (Å²) in [5, 5.41) is 2.57. The predicted octanol–water partition coefficient (Wildman–Crippen LogP) is 2.26. The number of rotatable bonds is 2. The van der Waals surface area contributed by atoms with Gasteiger partial charge in [0, 0.05) is 25.1 Å². The van der Waals surface area contributed by atoms with Crippen molar-refractivity contribution in [3.05, 3.63) is 23.7 Å². The Morgan fingerprint density at radius 3 is 2.55 bits per heavy atom. The number of likely N-dealkylation sites (tertiary alicyclic amines) is 1. The Balaban J connectivity index is 2.25. The van der Waals surface area contributed by atoms with E-state index in [0.29, 0.717) is 5.56 Å². The number of carbonyl (C=O) groups is 2. The lowest BCUT2D eigenvalue weighted by molar-refractivity contribution is -0.184. The van der Waals surface area contributed by atoms with E-state index < -0.39 is 24.2 Å². The minimum atomic E-state index is -4.52. The second kappa shape index (κ2) is 6.02. The summed E-state index contributed by atoms with van der Waals surface area (Å²) in [6.07, 6.45) is -3.33. The summed E-state index contributed by atoms with van der Waals surface area (Å²) >= 11 is 0. The molecule has 1 aliphatic rings. The van der Waals surface area contributed by atoms with Crippen LogP contribution in [-0.2, 0) is 4.79 Å². The van der Waals surface area contributed by atoms with Crippen molar-refractivity contribution in [2.75, 3.05) is 6.54 Å². The van der Waals surface area contributed by atoms with Crippen LogP contribution < -0.4 is 5.32 Å². The molecule has 2 heterocycles. The van der Waals surface area contributed by atoms with E-state index in [1.165, 1.54) is 19.3 Å².